The van der Waals surface area contributed by atoms with Crippen LogP contribution < -0.4 is 78.6 Å². The zero-order chi connectivity index (χ0) is 41.2. The molecule has 25 nitrogen and oxygen atoms in total. The van der Waals surface area contributed by atoms with E-state index in [0.29, 0.717) is 6.42 Å². The van der Waals surface area contributed by atoms with Gasteiger partial charge in [0, 0.05) is 32.6 Å². The van der Waals surface area contributed by atoms with E-state index in [1.54, 1.807) is 0 Å². The molecule has 25 N–H and O–H groups in total. The number of primary amides is 1. The van der Waals surface area contributed by atoms with E-state index in [-0.39, 0.29) is 108 Å². The van der Waals surface area contributed by atoms with Crippen LogP contribution in [0.5, 0.6) is 0 Å². The first-order chi connectivity index (χ1) is 25.3. The topological polar surface area (TPSA) is 480 Å². The summed E-state index contributed by atoms with van der Waals surface area (Å²) in [7, 11) is 0. The van der Waals surface area contributed by atoms with Crippen molar-refractivity contribution in [3.63, 3.8) is 0 Å². The maximum absolute atomic E-state index is 13.7. The van der Waals surface area contributed by atoms with Crippen LogP contribution in [0.1, 0.15) is 64.2 Å². The summed E-state index contributed by atoms with van der Waals surface area (Å²) in [6.45, 7) is 0.470. The number of rotatable bonds is 28. The Morgan fingerprint density at radius 1 is 0.444 bits per heavy atom. The number of carboxylic acids is 1. The Kier molecular flexibility index (Phi) is 23.6. The van der Waals surface area contributed by atoms with Crippen molar-refractivity contribution in [2.75, 3.05) is 26.2 Å². The zero-order valence-corrected chi connectivity index (χ0v) is 30.2. The van der Waals surface area contributed by atoms with Crippen molar-refractivity contribution in [2.45, 2.75) is 94.4 Å². The summed E-state index contributed by atoms with van der Waals surface area (Å²) < 4.78 is 0. The zero-order valence-electron chi connectivity index (χ0n) is 30.2. The van der Waals surface area contributed by atoms with Crippen LogP contribution in [0.4, 0.5) is 0 Å². The Hall–Kier alpha value is -6.14. The second kappa shape index (κ2) is 26.6. The number of guanidine groups is 4. The van der Waals surface area contributed by atoms with E-state index in [2.05, 4.69) is 41.2 Å². The highest BCUT2D eigenvalue weighted by Gasteiger charge is 2.32. The minimum absolute atomic E-state index is 0.00514. The lowest BCUT2D eigenvalue weighted by atomic mass is 10.0. The van der Waals surface area contributed by atoms with Gasteiger partial charge in [-0.3, -0.25) is 43.9 Å². The maximum Gasteiger partial charge on any atom is 0.326 e. The molecule has 0 fully saturated rings. The van der Waals surface area contributed by atoms with Gasteiger partial charge in [0.15, 0.2) is 23.8 Å². The molecule has 0 aliphatic rings. The lowest BCUT2D eigenvalue weighted by molar-refractivity contribution is -0.142. The fourth-order valence-corrected chi connectivity index (χ4v) is 4.61. The van der Waals surface area contributed by atoms with E-state index in [0.717, 1.165) is 0 Å². The lowest BCUT2D eigenvalue weighted by Gasteiger charge is -2.26. The fraction of sp³-hybridized carbons (Fsp3) is 0.655. The van der Waals surface area contributed by atoms with Crippen molar-refractivity contribution in [2.24, 2.45) is 77.3 Å². The SMILES string of the molecule is NC(=O)CC[C@H](NC(=O)[C@H](CCCN=C(N)N)NC(=O)[C@@H](N)CCCN=C(N)N)C(=O)N[C@@H](CCCN=C(N)N)C(=O)N[C@@H](CCCN=C(N)N)C(=O)O. The molecule has 0 saturated heterocycles. The molecule has 0 aromatic rings. The Morgan fingerprint density at radius 3 is 1.07 bits per heavy atom. The Labute approximate surface area is 312 Å². The first-order valence-corrected chi connectivity index (χ1v) is 17.0. The highest BCUT2D eigenvalue weighted by molar-refractivity contribution is 5.95. The molecule has 306 valence electrons. The molecule has 54 heavy (non-hydrogen) atoms. The van der Waals surface area contributed by atoms with Crippen molar-refractivity contribution in [3.05, 3.63) is 0 Å². The van der Waals surface area contributed by atoms with Crippen LogP contribution in [-0.2, 0) is 28.8 Å². The van der Waals surface area contributed by atoms with E-state index in [1.165, 1.54) is 0 Å². The van der Waals surface area contributed by atoms with Crippen LogP contribution in [0.3, 0.4) is 0 Å². The second-order valence-corrected chi connectivity index (χ2v) is 12.0. The Balaban J connectivity index is 6.20. The summed E-state index contributed by atoms with van der Waals surface area (Å²) >= 11 is 0. The molecule has 0 aliphatic heterocycles. The maximum atomic E-state index is 13.7. The van der Waals surface area contributed by atoms with Gasteiger partial charge in [0.25, 0.3) is 0 Å². The third-order valence-electron chi connectivity index (χ3n) is 7.33. The van der Waals surface area contributed by atoms with Gasteiger partial charge in [-0.05, 0) is 57.8 Å². The summed E-state index contributed by atoms with van der Waals surface area (Å²) in [5, 5.41) is 19.7. The minimum Gasteiger partial charge on any atom is -0.480 e. The highest BCUT2D eigenvalue weighted by Crippen LogP contribution is 2.08. The molecular weight excluding hydrogens is 712 g/mol. The lowest BCUT2D eigenvalue weighted by Crippen LogP contribution is -2.58. The minimum atomic E-state index is -1.46. The number of hydrogen-bond donors (Lipinski definition) is 15. The number of nitrogens with two attached hydrogens (primary N) is 10. The number of carbonyl (C=O) groups excluding carboxylic acids is 5. The van der Waals surface area contributed by atoms with Crippen molar-refractivity contribution in [1.82, 2.24) is 21.3 Å². The van der Waals surface area contributed by atoms with E-state index in [9.17, 15) is 33.9 Å². The average Bonchev–Trinajstić information content (AvgIpc) is 3.07. The van der Waals surface area contributed by atoms with Gasteiger partial charge in [-0.2, -0.15) is 0 Å². The fourth-order valence-electron chi connectivity index (χ4n) is 4.61. The number of carboxylic acid groups (broad SMARTS) is 1. The largest absolute Gasteiger partial charge is 0.480 e. The third-order valence-corrected chi connectivity index (χ3v) is 7.33. The van der Waals surface area contributed by atoms with Crippen molar-refractivity contribution >= 4 is 59.3 Å². The Morgan fingerprint density at radius 2 is 0.741 bits per heavy atom. The molecule has 0 aromatic carbocycles. The van der Waals surface area contributed by atoms with E-state index >= 15 is 0 Å². The number of nitrogens with zero attached hydrogens (tertiary/aromatic N) is 4. The molecule has 0 aliphatic carbocycles. The van der Waals surface area contributed by atoms with E-state index in [4.69, 9.17) is 57.3 Å². The number of carbonyl (C=O) groups is 6. The number of hydrogen-bond acceptors (Lipinski definition) is 11. The summed E-state index contributed by atoms with van der Waals surface area (Å²) in [6, 6.07) is -6.51. The molecule has 0 aromatic heterocycles. The summed E-state index contributed by atoms with van der Waals surface area (Å²) in [5.41, 5.74) is 54.1. The smallest absolute Gasteiger partial charge is 0.326 e. The summed E-state index contributed by atoms with van der Waals surface area (Å²) in [4.78, 5) is 92.6. The molecule has 5 atom stereocenters. The summed E-state index contributed by atoms with van der Waals surface area (Å²) in [5.74, 6) is -6.20. The van der Waals surface area contributed by atoms with Gasteiger partial charge in [-0.1, -0.05) is 0 Å². The van der Waals surface area contributed by atoms with E-state index < -0.39 is 65.7 Å². The molecule has 0 radical (unpaired) electrons. The molecule has 0 saturated carbocycles. The van der Waals surface area contributed by atoms with Gasteiger partial charge in [-0.15, -0.1) is 0 Å². The molecule has 0 spiro atoms. The van der Waals surface area contributed by atoms with Crippen LogP contribution in [-0.4, -0.2) is 121 Å². The van der Waals surface area contributed by atoms with Crippen LogP contribution >= 0.6 is 0 Å². The van der Waals surface area contributed by atoms with Gasteiger partial charge in [-0.25, -0.2) is 4.79 Å². The standard InChI is InChI=1S/C29H58N18O7/c30-15(5-1-11-40-26(32)33)21(49)44-16(6-2-12-41-27(34)35)22(50)46-18(9-10-20(31)48)24(52)45-17(7-3-13-42-28(36)37)23(51)47-19(25(53)54)8-4-14-43-29(38)39/h15-19H,1-14,30H2,(H2,31,48)(H,44,49)(H,45,52)(H,46,50)(H,47,51)(H,53,54)(H4,32,33,40)(H4,34,35,41)(H4,36,37,42)(H4,38,39,43)/t15-,16-,17-,18-,19-/m0/s1. The number of aliphatic imine (C=N–C) groups is 4. The van der Waals surface area contributed by atoms with Gasteiger partial charge in [0.1, 0.15) is 24.2 Å². The Bertz CT molecular complexity index is 1360. The van der Waals surface area contributed by atoms with Crippen molar-refractivity contribution < 1.29 is 33.9 Å². The normalized spacial score (nSPS) is 13.3. The van der Waals surface area contributed by atoms with Crippen LogP contribution in [0.15, 0.2) is 20.0 Å². The number of nitrogens with one attached hydrogen (secondary N) is 4. The van der Waals surface area contributed by atoms with Crippen molar-refractivity contribution in [1.29, 1.82) is 0 Å². The summed E-state index contributed by atoms with van der Waals surface area (Å²) in [6.07, 6.45) is 0.287. The highest BCUT2D eigenvalue weighted by atomic mass is 16.4. The molecule has 25 heteroatoms. The number of aliphatic carboxylic acids is 1. The predicted molar refractivity (Wildman–Crippen MR) is 201 cm³/mol. The van der Waals surface area contributed by atoms with Gasteiger partial charge in [0.2, 0.25) is 29.5 Å². The molecular formula is C29H58N18O7. The van der Waals surface area contributed by atoms with Crippen LogP contribution in [0.2, 0.25) is 0 Å². The molecule has 0 unspecified atom stereocenters. The van der Waals surface area contributed by atoms with Crippen LogP contribution in [0.25, 0.3) is 0 Å². The first kappa shape index (κ1) is 47.9. The molecule has 0 bridgehead atoms. The quantitative estimate of drug-likeness (QED) is 0.0200. The molecule has 0 heterocycles. The molecule has 0 rings (SSSR count). The van der Waals surface area contributed by atoms with E-state index in [1.807, 2.05) is 0 Å². The average molecular weight is 771 g/mol. The van der Waals surface area contributed by atoms with Crippen LogP contribution in [0, 0.1) is 0 Å². The predicted octanol–water partition coefficient (Wildman–Crippen LogP) is -7.18. The van der Waals surface area contributed by atoms with Crippen molar-refractivity contribution in [3.8, 4) is 0 Å². The second-order valence-electron chi connectivity index (χ2n) is 12.0. The van der Waals surface area contributed by atoms with Gasteiger partial charge >= 0.3 is 5.97 Å². The number of amides is 5. The molecule has 5 amide bonds. The first-order valence-electron chi connectivity index (χ1n) is 17.0. The monoisotopic (exact) mass is 770 g/mol. The van der Waals surface area contributed by atoms with Gasteiger partial charge < -0.3 is 83.7 Å². The third kappa shape index (κ3) is 23.4. The van der Waals surface area contributed by atoms with Gasteiger partial charge in [0.05, 0.1) is 6.04 Å².